The normalized spacial score (nSPS) is 11.7. The lowest BCUT2D eigenvalue weighted by atomic mass is 9.88. The van der Waals surface area contributed by atoms with Crippen molar-refractivity contribution in [3.8, 4) is 0 Å². The summed E-state index contributed by atoms with van der Waals surface area (Å²) in [5.74, 6) is 0.572. The summed E-state index contributed by atoms with van der Waals surface area (Å²) in [6.45, 7) is 6.44. The average Bonchev–Trinajstić information content (AvgIpc) is 1.92. The van der Waals surface area contributed by atoms with Gasteiger partial charge in [0.2, 0.25) is 0 Å². The Morgan fingerprint density at radius 1 is 1.42 bits per heavy atom. The lowest BCUT2D eigenvalue weighted by Crippen LogP contribution is -2.12. The third kappa shape index (κ3) is 1.97. The topological polar surface area (TPSA) is 38.9 Å². The van der Waals surface area contributed by atoms with Crippen LogP contribution in [0.2, 0.25) is 0 Å². The molecule has 12 heavy (non-hydrogen) atoms. The van der Waals surface area contributed by atoms with Crippen LogP contribution in [0.1, 0.15) is 26.3 Å². The molecule has 2 nitrogen and oxygen atoms in total. The van der Waals surface area contributed by atoms with Gasteiger partial charge in [-0.1, -0.05) is 20.8 Å². The number of hydrogen-bond acceptors (Lipinski definition) is 2. The second-order valence-electron chi connectivity index (χ2n) is 3.84. The van der Waals surface area contributed by atoms with Crippen LogP contribution in [0.25, 0.3) is 0 Å². The molecule has 0 saturated carbocycles. The van der Waals surface area contributed by atoms with Crippen molar-refractivity contribution in [1.82, 2.24) is 4.98 Å². The van der Waals surface area contributed by atoms with Gasteiger partial charge < -0.3 is 5.73 Å². The number of rotatable bonds is 0. The minimum absolute atomic E-state index is 0.107. The van der Waals surface area contributed by atoms with Crippen molar-refractivity contribution in [3.05, 3.63) is 22.3 Å². The van der Waals surface area contributed by atoms with Crippen molar-refractivity contribution in [3.63, 3.8) is 0 Å². The summed E-state index contributed by atoms with van der Waals surface area (Å²) in [6, 6.07) is 1.91. The lowest BCUT2D eigenvalue weighted by Gasteiger charge is -2.20. The Hall–Kier alpha value is -0.570. The number of nitrogens with zero attached hydrogens (tertiary/aromatic N) is 1. The van der Waals surface area contributed by atoms with E-state index in [1.807, 2.05) is 6.07 Å². The highest BCUT2D eigenvalue weighted by Crippen LogP contribution is 2.29. The Labute approximate surface area is 81.3 Å². The van der Waals surface area contributed by atoms with Crippen molar-refractivity contribution in [2.45, 2.75) is 26.2 Å². The summed E-state index contributed by atoms with van der Waals surface area (Å²) < 4.78 is 1.02. The summed E-state index contributed by atoms with van der Waals surface area (Å²) in [7, 11) is 0. The molecule has 66 valence electrons. The Kier molecular flexibility index (Phi) is 2.42. The van der Waals surface area contributed by atoms with Crippen molar-refractivity contribution in [2.24, 2.45) is 0 Å². The third-order valence-corrected chi connectivity index (χ3v) is 2.32. The van der Waals surface area contributed by atoms with E-state index in [9.17, 15) is 0 Å². The predicted octanol–water partition coefficient (Wildman–Crippen LogP) is 2.72. The zero-order valence-electron chi connectivity index (χ0n) is 7.56. The van der Waals surface area contributed by atoms with Gasteiger partial charge in [0.25, 0.3) is 0 Å². The molecule has 2 N–H and O–H groups in total. The molecule has 0 aliphatic carbocycles. The Bertz CT molecular complexity index is 289. The first-order valence-corrected chi connectivity index (χ1v) is 4.62. The van der Waals surface area contributed by atoms with Crippen LogP contribution in [0.5, 0.6) is 0 Å². The van der Waals surface area contributed by atoms with Crippen molar-refractivity contribution in [2.75, 3.05) is 5.73 Å². The van der Waals surface area contributed by atoms with Gasteiger partial charge in [-0.05, 0) is 33.0 Å². The molecule has 0 bridgehead atoms. The first-order valence-electron chi connectivity index (χ1n) is 3.83. The molecule has 3 heteroatoms. The molecule has 0 aliphatic rings. The summed E-state index contributed by atoms with van der Waals surface area (Å²) >= 11 is 3.45. The monoisotopic (exact) mass is 228 g/mol. The Morgan fingerprint density at radius 3 is 2.42 bits per heavy atom. The molecular formula is C9H13BrN2. The molecule has 0 aromatic carbocycles. The van der Waals surface area contributed by atoms with Gasteiger partial charge in [0, 0.05) is 10.7 Å². The van der Waals surface area contributed by atoms with Crippen molar-refractivity contribution >= 4 is 21.7 Å². The Balaban J connectivity index is 3.23. The van der Waals surface area contributed by atoms with E-state index in [2.05, 4.69) is 41.7 Å². The van der Waals surface area contributed by atoms with Crippen LogP contribution in [0.3, 0.4) is 0 Å². The molecule has 1 heterocycles. The van der Waals surface area contributed by atoms with E-state index in [-0.39, 0.29) is 5.41 Å². The van der Waals surface area contributed by atoms with Crippen molar-refractivity contribution < 1.29 is 0 Å². The number of anilines is 1. The van der Waals surface area contributed by atoms with E-state index in [0.29, 0.717) is 5.82 Å². The van der Waals surface area contributed by atoms with Gasteiger partial charge in [-0.25, -0.2) is 4.98 Å². The largest absolute Gasteiger partial charge is 0.384 e. The summed E-state index contributed by atoms with van der Waals surface area (Å²) in [6.07, 6.45) is 1.75. The number of nitrogen functional groups attached to an aromatic ring is 1. The molecule has 0 spiro atoms. The van der Waals surface area contributed by atoms with Crippen LogP contribution < -0.4 is 5.73 Å². The van der Waals surface area contributed by atoms with E-state index in [1.54, 1.807) is 6.20 Å². The van der Waals surface area contributed by atoms with E-state index < -0.39 is 0 Å². The van der Waals surface area contributed by atoms with E-state index >= 15 is 0 Å². The highest BCUT2D eigenvalue weighted by atomic mass is 79.9. The van der Waals surface area contributed by atoms with Crippen LogP contribution in [-0.4, -0.2) is 4.98 Å². The molecule has 1 aromatic heterocycles. The maximum absolute atomic E-state index is 5.59. The van der Waals surface area contributed by atoms with Gasteiger partial charge >= 0.3 is 0 Å². The minimum Gasteiger partial charge on any atom is -0.384 e. The predicted molar refractivity (Wildman–Crippen MR) is 55.0 cm³/mol. The summed E-state index contributed by atoms with van der Waals surface area (Å²) in [5.41, 5.74) is 6.89. The fourth-order valence-electron chi connectivity index (χ4n) is 1.03. The van der Waals surface area contributed by atoms with E-state index in [4.69, 9.17) is 5.73 Å². The van der Waals surface area contributed by atoms with Crippen LogP contribution in [-0.2, 0) is 5.41 Å². The minimum atomic E-state index is 0.107. The fraction of sp³-hybridized carbons (Fsp3) is 0.444. The SMILES string of the molecule is CC(C)(C)c1cc(N)ncc1Br. The molecule has 1 aromatic rings. The first kappa shape index (κ1) is 9.52. The molecule has 0 amide bonds. The number of aromatic nitrogens is 1. The molecule has 0 saturated heterocycles. The highest BCUT2D eigenvalue weighted by molar-refractivity contribution is 9.10. The maximum Gasteiger partial charge on any atom is 0.123 e. The maximum atomic E-state index is 5.59. The number of pyridine rings is 1. The number of nitrogens with two attached hydrogens (primary N) is 1. The van der Waals surface area contributed by atoms with Gasteiger partial charge in [0.1, 0.15) is 5.82 Å². The molecule has 0 unspecified atom stereocenters. The van der Waals surface area contributed by atoms with E-state index in [1.165, 1.54) is 5.56 Å². The second kappa shape index (κ2) is 3.05. The highest BCUT2D eigenvalue weighted by Gasteiger charge is 2.17. The fourth-order valence-corrected chi connectivity index (χ4v) is 1.84. The molecule has 0 radical (unpaired) electrons. The van der Waals surface area contributed by atoms with Crippen molar-refractivity contribution in [1.29, 1.82) is 0 Å². The zero-order valence-corrected chi connectivity index (χ0v) is 9.14. The van der Waals surface area contributed by atoms with Crippen LogP contribution in [0, 0.1) is 0 Å². The summed E-state index contributed by atoms with van der Waals surface area (Å²) in [4.78, 5) is 3.98. The van der Waals surface area contributed by atoms with Gasteiger partial charge in [0.05, 0.1) is 0 Å². The standard InChI is InChI=1S/C9H13BrN2/c1-9(2,3)6-4-8(11)12-5-7(6)10/h4-5H,1-3H3,(H2,11,12). The third-order valence-electron chi connectivity index (χ3n) is 1.68. The number of hydrogen-bond donors (Lipinski definition) is 1. The van der Waals surface area contributed by atoms with Crippen LogP contribution >= 0.6 is 15.9 Å². The molecule has 0 aliphatic heterocycles. The smallest absolute Gasteiger partial charge is 0.123 e. The molecule has 0 fully saturated rings. The Morgan fingerprint density at radius 2 is 2.00 bits per heavy atom. The van der Waals surface area contributed by atoms with E-state index in [0.717, 1.165) is 4.47 Å². The first-order chi connectivity index (χ1) is 5.41. The molecule has 1 rings (SSSR count). The van der Waals surface area contributed by atoms with Gasteiger partial charge in [0.15, 0.2) is 0 Å². The molecule has 0 atom stereocenters. The zero-order chi connectivity index (χ0) is 9.35. The molecular weight excluding hydrogens is 216 g/mol. The van der Waals surface area contributed by atoms with Gasteiger partial charge in [-0.15, -0.1) is 0 Å². The quantitative estimate of drug-likeness (QED) is 0.742. The van der Waals surface area contributed by atoms with Gasteiger partial charge in [-0.2, -0.15) is 0 Å². The van der Waals surface area contributed by atoms with Gasteiger partial charge in [-0.3, -0.25) is 0 Å². The number of halogens is 1. The average molecular weight is 229 g/mol. The summed E-state index contributed by atoms with van der Waals surface area (Å²) in [5, 5.41) is 0. The second-order valence-corrected chi connectivity index (χ2v) is 4.69. The lowest BCUT2D eigenvalue weighted by molar-refractivity contribution is 0.586. The van der Waals surface area contributed by atoms with Crippen LogP contribution in [0.15, 0.2) is 16.7 Å². The van der Waals surface area contributed by atoms with Crippen LogP contribution in [0.4, 0.5) is 5.82 Å².